The molecule has 3 aromatic rings. The highest BCUT2D eigenvalue weighted by atomic mass is 14.9. The van der Waals surface area contributed by atoms with E-state index in [1.807, 2.05) is 12.3 Å². The number of aromatic amines is 1. The van der Waals surface area contributed by atoms with Crippen LogP contribution in [0.2, 0.25) is 0 Å². The van der Waals surface area contributed by atoms with Crippen molar-refractivity contribution in [3.63, 3.8) is 0 Å². The molecule has 100 valence electrons. The molecule has 0 saturated carbocycles. The Morgan fingerprint density at radius 3 is 2.50 bits per heavy atom. The Bertz CT molecular complexity index is 645. The first kappa shape index (κ1) is 12.6. The highest BCUT2D eigenvalue weighted by Crippen LogP contribution is 2.23. The largest absolute Gasteiger partial charge is 0.347 e. The van der Waals surface area contributed by atoms with Gasteiger partial charge in [-0.2, -0.15) is 0 Å². The summed E-state index contributed by atoms with van der Waals surface area (Å²) in [5, 5.41) is 3.44. The van der Waals surface area contributed by atoms with Gasteiger partial charge in [0.25, 0.3) is 0 Å². The first-order valence-electron chi connectivity index (χ1n) is 6.75. The molecule has 3 nitrogen and oxygen atoms in total. The van der Waals surface area contributed by atoms with Gasteiger partial charge in [-0.15, -0.1) is 0 Å². The standard InChI is InChI=1S/C17H17N3/c1-2-6-14(7-3-1)17-9-5-4-8-15(17)10-18-11-16-12-19-13-20-16/h1-9,12-13,18H,10-11H2,(H,19,20). The van der Waals surface area contributed by atoms with Gasteiger partial charge < -0.3 is 10.3 Å². The zero-order valence-corrected chi connectivity index (χ0v) is 11.2. The number of H-pyrrole nitrogens is 1. The molecule has 3 rings (SSSR count). The van der Waals surface area contributed by atoms with Crippen LogP contribution in [-0.2, 0) is 13.1 Å². The van der Waals surface area contributed by atoms with Crippen LogP contribution in [0.25, 0.3) is 11.1 Å². The van der Waals surface area contributed by atoms with Gasteiger partial charge in [0, 0.05) is 25.0 Å². The Kier molecular flexibility index (Phi) is 3.90. The lowest BCUT2D eigenvalue weighted by Gasteiger charge is -2.10. The maximum atomic E-state index is 4.02. The maximum Gasteiger partial charge on any atom is 0.0922 e. The summed E-state index contributed by atoms with van der Waals surface area (Å²) < 4.78 is 0. The zero-order chi connectivity index (χ0) is 13.6. The summed E-state index contributed by atoms with van der Waals surface area (Å²) in [5.74, 6) is 0. The van der Waals surface area contributed by atoms with Crippen LogP contribution in [-0.4, -0.2) is 9.97 Å². The molecule has 0 atom stereocenters. The Hall–Kier alpha value is -2.39. The van der Waals surface area contributed by atoms with Gasteiger partial charge in [0.1, 0.15) is 0 Å². The molecule has 3 heteroatoms. The lowest BCUT2D eigenvalue weighted by Crippen LogP contribution is -2.13. The molecule has 20 heavy (non-hydrogen) atoms. The molecule has 0 radical (unpaired) electrons. The van der Waals surface area contributed by atoms with Crippen molar-refractivity contribution in [2.75, 3.05) is 0 Å². The smallest absolute Gasteiger partial charge is 0.0922 e. The second kappa shape index (κ2) is 6.17. The quantitative estimate of drug-likeness (QED) is 0.741. The van der Waals surface area contributed by atoms with Crippen LogP contribution in [0.1, 0.15) is 11.3 Å². The van der Waals surface area contributed by atoms with Crippen LogP contribution < -0.4 is 5.32 Å². The predicted octanol–water partition coefficient (Wildman–Crippen LogP) is 3.37. The zero-order valence-electron chi connectivity index (χ0n) is 11.2. The van der Waals surface area contributed by atoms with E-state index in [0.717, 1.165) is 18.8 Å². The van der Waals surface area contributed by atoms with Gasteiger partial charge in [-0.05, 0) is 16.7 Å². The van der Waals surface area contributed by atoms with E-state index in [2.05, 4.69) is 63.8 Å². The third kappa shape index (κ3) is 2.95. The SMILES string of the molecule is c1ccc(-c2ccccc2CNCc2cnc[nH]2)cc1. The third-order valence-corrected chi connectivity index (χ3v) is 3.29. The minimum Gasteiger partial charge on any atom is -0.347 e. The molecular weight excluding hydrogens is 246 g/mol. The first-order valence-corrected chi connectivity index (χ1v) is 6.75. The van der Waals surface area contributed by atoms with Crippen molar-refractivity contribution in [3.05, 3.63) is 78.4 Å². The molecule has 0 amide bonds. The third-order valence-electron chi connectivity index (χ3n) is 3.29. The van der Waals surface area contributed by atoms with Gasteiger partial charge >= 0.3 is 0 Å². The Labute approximate surface area is 118 Å². The molecule has 0 aliphatic heterocycles. The Balaban J connectivity index is 1.73. The first-order chi connectivity index (χ1) is 9.93. The topological polar surface area (TPSA) is 40.7 Å². The van der Waals surface area contributed by atoms with E-state index in [4.69, 9.17) is 0 Å². The van der Waals surface area contributed by atoms with Crippen LogP contribution in [0.4, 0.5) is 0 Å². The van der Waals surface area contributed by atoms with Gasteiger partial charge in [0.05, 0.1) is 6.33 Å². The summed E-state index contributed by atoms with van der Waals surface area (Å²) in [6.07, 6.45) is 3.55. The number of nitrogens with one attached hydrogen (secondary N) is 2. The second-order valence-corrected chi connectivity index (χ2v) is 4.70. The average molecular weight is 263 g/mol. The van der Waals surface area contributed by atoms with Crippen molar-refractivity contribution in [1.29, 1.82) is 0 Å². The van der Waals surface area contributed by atoms with Crippen LogP contribution >= 0.6 is 0 Å². The predicted molar refractivity (Wildman–Crippen MR) is 81.0 cm³/mol. The Morgan fingerprint density at radius 1 is 0.900 bits per heavy atom. The number of nitrogens with zero attached hydrogens (tertiary/aromatic N) is 1. The second-order valence-electron chi connectivity index (χ2n) is 4.70. The normalized spacial score (nSPS) is 10.6. The van der Waals surface area contributed by atoms with Gasteiger partial charge in [-0.25, -0.2) is 4.98 Å². The average Bonchev–Trinajstić information content (AvgIpc) is 3.02. The molecule has 1 heterocycles. The molecular formula is C17H17N3. The lowest BCUT2D eigenvalue weighted by molar-refractivity contribution is 0.683. The molecule has 0 unspecified atom stereocenters. The number of imidazole rings is 1. The Morgan fingerprint density at radius 2 is 1.70 bits per heavy atom. The molecule has 1 aromatic heterocycles. The van der Waals surface area contributed by atoms with E-state index in [1.165, 1.54) is 16.7 Å². The molecule has 0 spiro atoms. The molecule has 0 aliphatic carbocycles. The highest BCUT2D eigenvalue weighted by Gasteiger charge is 2.03. The molecule has 2 aromatic carbocycles. The minimum atomic E-state index is 0.795. The lowest BCUT2D eigenvalue weighted by atomic mass is 10.00. The van der Waals surface area contributed by atoms with E-state index < -0.39 is 0 Å². The van der Waals surface area contributed by atoms with Crippen LogP contribution in [0.15, 0.2) is 67.1 Å². The fourth-order valence-electron chi connectivity index (χ4n) is 2.29. The van der Waals surface area contributed by atoms with Crippen molar-refractivity contribution in [3.8, 4) is 11.1 Å². The fourth-order valence-corrected chi connectivity index (χ4v) is 2.29. The molecule has 2 N–H and O–H groups in total. The fraction of sp³-hybridized carbons (Fsp3) is 0.118. The van der Waals surface area contributed by atoms with Crippen LogP contribution in [0, 0.1) is 0 Å². The number of hydrogen-bond acceptors (Lipinski definition) is 2. The summed E-state index contributed by atoms with van der Waals surface area (Å²) in [7, 11) is 0. The van der Waals surface area contributed by atoms with Crippen molar-refractivity contribution >= 4 is 0 Å². The van der Waals surface area contributed by atoms with Crippen LogP contribution in [0.5, 0.6) is 0 Å². The molecule has 0 fully saturated rings. The summed E-state index contributed by atoms with van der Waals surface area (Å²) in [4.78, 5) is 7.11. The number of rotatable bonds is 5. The number of hydrogen-bond donors (Lipinski definition) is 2. The molecule has 0 saturated heterocycles. The number of benzene rings is 2. The van der Waals surface area contributed by atoms with E-state index in [1.54, 1.807) is 6.33 Å². The van der Waals surface area contributed by atoms with Crippen molar-refractivity contribution < 1.29 is 0 Å². The van der Waals surface area contributed by atoms with Crippen molar-refractivity contribution in [2.45, 2.75) is 13.1 Å². The van der Waals surface area contributed by atoms with Gasteiger partial charge in [0.15, 0.2) is 0 Å². The van der Waals surface area contributed by atoms with Crippen molar-refractivity contribution in [2.24, 2.45) is 0 Å². The molecule has 0 bridgehead atoms. The van der Waals surface area contributed by atoms with E-state index in [-0.39, 0.29) is 0 Å². The minimum absolute atomic E-state index is 0.795. The number of aromatic nitrogens is 2. The van der Waals surface area contributed by atoms with Gasteiger partial charge in [0.2, 0.25) is 0 Å². The van der Waals surface area contributed by atoms with Gasteiger partial charge in [-0.1, -0.05) is 54.6 Å². The molecule has 0 aliphatic rings. The van der Waals surface area contributed by atoms with E-state index in [0.29, 0.717) is 0 Å². The summed E-state index contributed by atoms with van der Waals surface area (Å²) in [6.45, 7) is 1.63. The summed E-state index contributed by atoms with van der Waals surface area (Å²) in [5.41, 5.74) is 4.94. The summed E-state index contributed by atoms with van der Waals surface area (Å²) >= 11 is 0. The van der Waals surface area contributed by atoms with E-state index >= 15 is 0 Å². The van der Waals surface area contributed by atoms with Gasteiger partial charge in [-0.3, -0.25) is 0 Å². The van der Waals surface area contributed by atoms with Crippen molar-refractivity contribution in [1.82, 2.24) is 15.3 Å². The maximum absolute atomic E-state index is 4.02. The van der Waals surface area contributed by atoms with Crippen LogP contribution in [0.3, 0.4) is 0 Å². The monoisotopic (exact) mass is 263 g/mol. The summed E-state index contributed by atoms with van der Waals surface area (Å²) in [6, 6.07) is 19.0. The highest BCUT2D eigenvalue weighted by molar-refractivity contribution is 5.67. The van der Waals surface area contributed by atoms with E-state index in [9.17, 15) is 0 Å².